The second-order valence-corrected chi connectivity index (χ2v) is 6.64. The van der Waals surface area contributed by atoms with Gasteiger partial charge in [0, 0.05) is 23.1 Å². The molecule has 1 heterocycles. The Balaban J connectivity index is 1.56. The van der Waals surface area contributed by atoms with Crippen molar-refractivity contribution in [2.24, 2.45) is 0 Å². The Hall–Kier alpha value is -3.18. The predicted octanol–water partition coefficient (Wildman–Crippen LogP) is 2.98. The number of benzene rings is 2. The van der Waals surface area contributed by atoms with E-state index in [1.54, 1.807) is 42.5 Å². The molecule has 0 aliphatic carbocycles. The molecule has 2 aromatic rings. The van der Waals surface area contributed by atoms with Gasteiger partial charge < -0.3 is 10.1 Å². The monoisotopic (exact) mass is 427 g/mol. The number of carbonyl (C=O) groups excluding carboxylic acids is 3. The first-order chi connectivity index (χ1) is 13.0. The molecule has 27 heavy (non-hydrogen) atoms. The van der Waals surface area contributed by atoms with E-state index < -0.39 is 11.8 Å². The summed E-state index contributed by atoms with van der Waals surface area (Å²) in [6.07, 6.45) is -0.0146. The van der Waals surface area contributed by atoms with Crippen molar-refractivity contribution in [1.29, 1.82) is 5.26 Å². The third-order valence-electron chi connectivity index (χ3n) is 3.94. The minimum Gasteiger partial charge on any atom is -0.479 e. The highest BCUT2D eigenvalue weighted by atomic mass is 79.9. The summed E-state index contributed by atoms with van der Waals surface area (Å²) < 4.78 is 5.85. The maximum Gasteiger partial charge on any atom is 0.261 e. The number of amides is 3. The van der Waals surface area contributed by atoms with Crippen molar-refractivity contribution in [3.8, 4) is 11.8 Å². The molecule has 0 unspecified atom stereocenters. The second-order valence-electron chi connectivity index (χ2n) is 5.72. The molecule has 1 aliphatic heterocycles. The predicted molar refractivity (Wildman–Crippen MR) is 100 cm³/mol. The molecule has 136 valence electrons. The zero-order chi connectivity index (χ0) is 19.4. The Kier molecular flexibility index (Phi) is 5.52. The van der Waals surface area contributed by atoms with E-state index in [2.05, 4.69) is 21.2 Å². The van der Waals surface area contributed by atoms with E-state index in [1.165, 1.54) is 0 Å². The normalized spacial score (nSPS) is 12.5. The lowest BCUT2D eigenvalue weighted by atomic mass is 10.1. The van der Waals surface area contributed by atoms with Gasteiger partial charge in [-0.1, -0.05) is 15.9 Å². The summed E-state index contributed by atoms with van der Waals surface area (Å²) in [6.45, 7) is -0.0538. The number of hydrogen-bond acceptors (Lipinski definition) is 5. The Labute approximate surface area is 163 Å². The first-order valence-electron chi connectivity index (χ1n) is 8.05. The summed E-state index contributed by atoms with van der Waals surface area (Å²) in [7, 11) is 0. The van der Waals surface area contributed by atoms with Crippen LogP contribution >= 0.6 is 15.9 Å². The van der Waals surface area contributed by atoms with Crippen LogP contribution in [-0.4, -0.2) is 35.8 Å². The van der Waals surface area contributed by atoms with Crippen LogP contribution in [0.1, 0.15) is 27.1 Å². The van der Waals surface area contributed by atoms with Gasteiger partial charge >= 0.3 is 0 Å². The molecule has 3 amide bonds. The zero-order valence-corrected chi connectivity index (χ0v) is 15.7. The number of rotatable bonds is 6. The molecule has 2 aromatic carbocycles. The molecule has 8 heteroatoms. The number of nitrogens with zero attached hydrogens (tertiary/aromatic N) is 2. The van der Waals surface area contributed by atoms with E-state index in [0.29, 0.717) is 27.0 Å². The third-order valence-corrected chi connectivity index (χ3v) is 4.43. The fourth-order valence-corrected chi connectivity index (χ4v) is 3.01. The Morgan fingerprint density at radius 1 is 1.11 bits per heavy atom. The molecule has 7 nitrogen and oxygen atoms in total. The molecule has 0 spiro atoms. The Morgan fingerprint density at radius 3 is 2.52 bits per heavy atom. The lowest BCUT2D eigenvalue weighted by molar-refractivity contribution is -0.116. The lowest BCUT2D eigenvalue weighted by Gasteiger charge is -2.13. The van der Waals surface area contributed by atoms with Crippen LogP contribution in [0.2, 0.25) is 0 Å². The third kappa shape index (κ3) is 4.15. The number of carbonyl (C=O) groups is 3. The summed E-state index contributed by atoms with van der Waals surface area (Å²) in [5.41, 5.74) is 1.23. The highest BCUT2D eigenvalue weighted by Crippen LogP contribution is 2.26. The summed E-state index contributed by atoms with van der Waals surface area (Å²) >= 11 is 3.28. The standard InChI is InChI=1S/C19H14BrN3O4/c20-12-1-6-15-16(11-12)19(26)23(18(15)25)9-7-17(24)22-13-2-4-14(5-3-13)27-10-8-21/h1-6,11H,7,9-10H2,(H,22,24). The van der Waals surface area contributed by atoms with Gasteiger partial charge in [-0.25, -0.2) is 0 Å². The van der Waals surface area contributed by atoms with E-state index in [0.717, 1.165) is 4.90 Å². The van der Waals surface area contributed by atoms with Crippen molar-refractivity contribution >= 4 is 39.3 Å². The molecule has 1 aliphatic rings. The van der Waals surface area contributed by atoms with Crippen LogP contribution in [0, 0.1) is 11.3 Å². The maximum absolute atomic E-state index is 12.4. The zero-order valence-electron chi connectivity index (χ0n) is 14.1. The smallest absolute Gasteiger partial charge is 0.261 e. The quantitative estimate of drug-likeness (QED) is 0.714. The minimum atomic E-state index is -0.400. The van der Waals surface area contributed by atoms with Crippen molar-refractivity contribution in [3.05, 3.63) is 58.1 Å². The fraction of sp³-hybridized carbons (Fsp3) is 0.158. The number of fused-ring (bicyclic) bond motifs is 1. The first-order valence-corrected chi connectivity index (χ1v) is 8.84. The van der Waals surface area contributed by atoms with Crippen molar-refractivity contribution < 1.29 is 19.1 Å². The fourth-order valence-electron chi connectivity index (χ4n) is 2.65. The molecule has 1 N–H and O–H groups in total. The molecule has 3 rings (SSSR count). The van der Waals surface area contributed by atoms with Crippen LogP contribution in [0.15, 0.2) is 46.9 Å². The van der Waals surface area contributed by atoms with Crippen LogP contribution < -0.4 is 10.1 Å². The molecule has 0 aromatic heterocycles. The van der Waals surface area contributed by atoms with Crippen LogP contribution in [-0.2, 0) is 4.79 Å². The molecular formula is C19H14BrN3O4. The number of hydrogen-bond donors (Lipinski definition) is 1. The van der Waals surface area contributed by atoms with Gasteiger partial charge in [0.25, 0.3) is 11.8 Å². The average molecular weight is 428 g/mol. The van der Waals surface area contributed by atoms with Gasteiger partial charge in [-0.05, 0) is 42.5 Å². The molecule has 0 atom stereocenters. The molecule has 0 saturated carbocycles. The first kappa shape index (κ1) is 18.6. The SMILES string of the molecule is N#CCOc1ccc(NC(=O)CCN2C(=O)c3ccc(Br)cc3C2=O)cc1. The average Bonchev–Trinajstić information content (AvgIpc) is 2.89. The lowest BCUT2D eigenvalue weighted by Crippen LogP contribution is -2.32. The highest BCUT2D eigenvalue weighted by Gasteiger charge is 2.35. The van der Waals surface area contributed by atoms with Crippen molar-refractivity contribution in [1.82, 2.24) is 4.90 Å². The number of ether oxygens (including phenoxy) is 1. The van der Waals surface area contributed by atoms with Crippen molar-refractivity contribution in [3.63, 3.8) is 0 Å². The summed E-state index contributed by atoms with van der Waals surface area (Å²) in [5.74, 6) is -0.595. The topological polar surface area (TPSA) is 99.5 Å². The van der Waals surface area contributed by atoms with Crippen LogP contribution in [0.3, 0.4) is 0 Å². The minimum absolute atomic E-state index is 0.000830. The van der Waals surface area contributed by atoms with Gasteiger partial charge in [0.05, 0.1) is 11.1 Å². The number of halogens is 1. The van der Waals surface area contributed by atoms with Crippen LogP contribution in [0.4, 0.5) is 5.69 Å². The van der Waals surface area contributed by atoms with E-state index in [9.17, 15) is 14.4 Å². The van der Waals surface area contributed by atoms with Gasteiger partial charge in [-0.3, -0.25) is 19.3 Å². The Bertz CT molecular complexity index is 950. The highest BCUT2D eigenvalue weighted by molar-refractivity contribution is 9.10. The van der Waals surface area contributed by atoms with E-state index in [4.69, 9.17) is 10.00 Å². The molecule has 0 saturated heterocycles. The van der Waals surface area contributed by atoms with Crippen molar-refractivity contribution in [2.45, 2.75) is 6.42 Å². The van der Waals surface area contributed by atoms with E-state index >= 15 is 0 Å². The summed E-state index contributed by atoms with van der Waals surface area (Å²) in [4.78, 5) is 37.9. The largest absolute Gasteiger partial charge is 0.479 e. The van der Waals surface area contributed by atoms with Crippen LogP contribution in [0.5, 0.6) is 5.75 Å². The van der Waals surface area contributed by atoms with Crippen molar-refractivity contribution in [2.75, 3.05) is 18.5 Å². The molecular weight excluding hydrogens is 414 g/mol. The van der Waals surface area contributed by atoms with Gasteiger partial charge in [-0.15, -0.1) is 0 Å². The van der Waals surface area contributed by atoms with Gasteiger partial charge in [0.1, 0.15) is 11.8 Å². The molecule has 0 bridgehead atoms. The molecule has 0 radical (unpaired) electrons. The van der Waals surface area contributed by atoms with E-state index in [-0.39, 0.29) is 25.5 Å². The number of imide groups is 1. The second kappa shape index (κ2) is 8.01. The number of nitrogens with one attached hydrogen (secondary N) is 1. The van der Waals surface area contributed by atoms with E-state index in [1.807, 2.05) is 6.07 Å². The molecule has 0 fully saturated rings. The van der Waals surface area contributed by atoms with Crippen LogP contribution in [0.25, 0.3) is 0 Å². The summed E-state index contributed by atoms with van der Waals surface area (Å²) in [5, 5.41) is 11.2. The van der Waals surface area contributed by atoms with Gasteiger partial charge in [-0.2, -0.15) is 5.26 Å². The van der Waals surface area contributed by atoms with Gasteiger partial charge in [0.2, 0.25) is 5.91 Å². The number of nitriles is 1. The maximum atomic E-state index is 12.4. The van der Waals surface area contributed by atoms with Gasteiger partial charge in [0.15, 0.2) is 6.61 Å². The summed E-state index contributed by atoms with van der Waals surface area (Å²) in [6, 6.07) is 13.3. The number of anilines is 1. The Morgan fingerprint density at radius 2 is 1.81 bits per heavy atom.